The molecule has 8 aromatic rings. The normalized spacial score (nSPS) is 13.0. The van der Waals surface area contributed by atoms with Crippen molar-refractivity contribution in [1.29, 1.82) is 5.26 Å². The zero-order chi connectivity index (χ0) is 31.7. The Hall–Kier alpha value is -5.69. The zero-order valence-electron chi connectivity index (χ0n) is 26.2. The quantitative estimate of drug-likeness (QED) is 0.196. The van der Waals surface area contributed by atoms with Crippen LogP contribution < -0.4 is 4.90 Å². The Labute approximate surface area is 278 Å². The second-order valence-electron chi connectivity index (χ2n) is 12.8. The lowest BCUT2D eigenvalue weighted by Gasteiger charge is -2.30. The lowest BCUT2D eigenvalue weighted by Crippen LogP contribution is -2.17. The number of anilines is 3. The van der Waals surface area contributed by atoms with Crippen LogP contribution in [0.1, 0.15) is 30.5 Å². The molecule has 1 aromatic heterocycles. The molecule has 0 saturated carbocycles. The highest BCUT2D eigenvalue weighted by Crippen LogP contribution is 2.55. The first-order valence-corrected chi connectivity index (χ1v) is 16.8. The van der Waals surface area contributed by atoms with Gasteiger partial charge in [0.25, 0.3) is 0 Å². The van der Waals surface area contributed by atoms with Crippen molar-refractivity contribution in [2.24, 2.45) is 0 Å². The van der Waals surface area contributed by atoms with Crippen LogP contribution in [0.2, 0.25) is 0 Å². The third-order valence-corrected chi connectivity index (χ3v) is 11.1. The van der Waals surface area contributed by atoms with Crippen molar-refractivity contribution in [3.63, 3.8) is 0 Å². The van der Waals surface area contributed by atoms with Crippen molar-refractivity contribution < 1.29 is 0 Å². The van der Waals surface area contributed by atoms with E-state index in [1.807, 2.05) is 23.5 Å². The SMILES string of the molecule is CC1(C)c2ccccc2-c2c1cc(N(c1ccc(C#N)cc1)c1ccc(-c3ccccc3)c3c1sc1ccccc13)c1ccccc21. The van der Waals surface area contributed by atoms with E-state index >= 15 is 0 Å². The molecule has 0 amide bonds. The molecule has 0 atom stereocenters. The molecule has 3 heteroatoms. The molecule has 7 aromatic carbocycles. The molecule has 0 spiro atoms. The van der Waals surface area contributed by atoms with Crippen LogP contribution in [0.15, 0.2) is 146 Å². The van der Waals surface area contributed by atoms with Gasteiger partial charge in [0.1, 0.15) is 0 Å². The molecule has 222 valence electrons. The highest BCUT2D eigenvalue weighted by molar-refractivity contribution is 7.26. The van der Waals surface area contributed by atoms with Gasteiger partial charge in [-0.2, -0.15) is 5.26 Å². The number of hydrogen-bond donors (Lipinski definition) is 0. The Morgan fingerprint density at radius 1 is 0.596 bits per heavy atom. The minimum Gasteiger partial charge on any atom is -0.308 e. The lowest BCUT2D eigenvalue weighted by atomic mass is 9.81. The maximum absolute atomic E-state index is 9.69. The highest BCUT2D eigenvalue weighted by atomic mass is 32.1. The third kappa shape index (κ3) is 4.09. The van der Waals surface area contributed by atoms with Crippen LogP contribution in [0, 0.1) is 11.3 Å². The average Bonchev–Trinajstić information content (AvgIpc) is 3.62. The number of thiophene rings is 1. The first kappa shape index (κ1) is 27.6. The molecular weight excluding hydrogens is 589 g/mol. The van der Waals surface area contributed by atoms with Crippen LogP contribution in [0.4, 0.5) is 17.1 Å². The Balaban J connectivity index is 1.40. The molecule has 0 fully saturated rings. The molecule has 0 radical (unpaired) electrons. The first-order chi connectivity index (χ1) is 23.0. The number of nitriles is 1. The lowest BCUT2D eigenvalue weighted by molar-refractivity contribution is 0.661. The summed E-state index contributed by atoms with van der Waals surface area (Å²) in [5.74, 6) is 0. The van der Waals surface area contributed by atoms with Crippen LogP contribution in [0.5, 0.6) is 0 Å². The molecule has 0 saturated heterocycles. The van der Waals surface area contributed by atoms with E-state index in [4.69, 9.17) is 0 Å². The van der Waals surface area contributed by atoms with Gasteiger partial charge in [-0.05, 0) is 81.2 Å². The Kier molecular flexibility index (Phi) is 6.12. The summed E-state index contributed by atoms with van der Waals surface area (Å²) >= 11 is 1.85. The van der Waals surface area contributed by atoms with Gasteiger partial charge in [0, 0.05) is 32.0 Å². The Morgan fingerprint density at radius 2 is 1.28 bits per heavy atom. The molecule has 0 unspecified atom stereocenters. The summed E-state index contributed by atoms with van der Waals surface area (Å²) in [6.07, 6.45) is 0. The molecule has 1 aliphatic rings. The van der Waals surface area contributed by atoms with Gasteiger partial charge >= 0.3 is 0 Å². The van der Waals surface area contributed by atoms with E-state index in [1.54, 1.807) is 0 Å². The van der Waals surface area contributed by atoms with Crippen LogP contribution in [0.3, 0.4) is 0 Å². The minimum absolute atomic E-state index is 0.162. The fourth-order valence-electron chi connectivity index (χ4n) is 7.66. The highest BCUT2D eigenvalue weighted by Gasteiger charge is 2.37. The van der Waals surface area contributed by atoms with E-state index in [0.717, 1.165) is 17.1 Å². The van der Waals surface area contributed by atoms with Crippen molar-refractivity contribution in [3.8, 4) is 28.3 Å². The topological polar surface area (TPSA) is 27.0 Å². The molecule has 2 nitrogen and oxygen atoms in total. The van der Waals surface area contributed by atoms with Crippen LogP contribution in [0.25, 0.3) is 53.2 Å². The van der Waals surface area contributed by atoms with Gasteiger partial charge < -0.3 is 4.90 Å². The van der Waals surface area contributed by atoms with Gasteiger partial charge in [-0.3, -0.25) is 0 Å². The maximum atomic E-state index is 9.69. The molecule has 0 bridgehead atoms. The van der Waals surface area contributed by atoms with Gasteiger partial charge in [0.05, 0.1) is 27.7 Å². The van der Waals surface area contributed by atoms with Gasteiger partial charge in [0.15, 0.2) is 0 Å². The van der Waals surface area contributed by atoms with E-state index in [0.29, 0.717) is 5.56 Å². The summed E-state index contributed by atoms with van der Waals surface area (Å²) < 4.78 is 2.51. The van der Waals surface area contributed by atoms with Gasteiger partial charge in [-0.1, -0.05) is 117 Å². The Bertz CT molecular complexity index is 2550. The smallest absolute Gasteiger partial charge is 0.0991 e. The summed E-state index contributed by atoms with van der Waals surface area (Å²) in [6, 6.07) is 54.5. The summed E-state index contributed by atoms with van der Waals surface area (Å²) in [5, 5.41) is 14.7. The number of nitrogens with zero attached hydrogens (tertiary/aromatic N) is 2. The van der Waals surface area contributed by atoms with Crippen LogP contribution in [-0.2, 0) is 5.41 Å². The van der Waals surface area contributed by atoms with E-state index in [-0.39, 0.29) is 5.41 Å². The number of rotatable bonds is 4. The number of hydrogen-bond acceptors (Lipinski definition) is 3. The van der Waals surface area contributed by atoms with E-state index < -0.39 is 0 Å². The maximum Gasteiger partial charge on any atom is 0.0991 e. The van der Waals surface area contributed by atoms with Crippen LogP contribution in [-0.4, -0.2) is 0 Å². The van der Waals surface area contributed by atoms with Crippen molar-refractivity contribution in [3.05, 3.63) is 162 Å². The first-order valence-electron chi connectivity index (χ1n) is 16.0. The molecule has 0 aliphatic heterocycles. The number of fused-ring (bicyclic) bond motifs is 8. The van der Waals surface area contributed by atoms with Gasteiger partial charge in [-0.15, -0.1) is 11.3 Å². The van der Waals surface area contributed by atoms with Crippen LogP contribution >= 0.6 is 11.3 Å². The second kappa shape index (κ2) is 10.4. The van der Waals surface area contributed by atoms with E-state index in [9.17, 15) is 5.26 Å². The summed E-state index contributed by atoms with van der Waals surface area (Å²) in [4.78, 5) is 2.43. The fourth-order valence-corrected chi connectivity index (χ4v) is 8.89. The Morgan fingerprint density at radius 3 is 2.06 bits per heavy atom. The van der Waals surface area contributed by atoms with Crippen molar-refractivity contribution >= 4 is 59.3 Å². The monoisotopic (exact) mass is 618 g/mol. The molecular formula is C44H30N2S. The van der Waals surface area contributed by atoms with Crippen molar-refractivity contribution in [1.82, 2.24) is 0 Å². The van der Waals surface area contributed by atoms with E-state index in [2.05, 4.69) is 158 Å². The largest absolute Gasteiger partial charge is 0.308 e. The predicted molar refractivity (Wildman–Crippen MR) is 199 cm³/mol. The predicted octanol–water partition coefficient (Wildman–Crippen LogP) is 12.5. The van der Waals surface area contributed by atoms with Crippen molar-refractivity contribution in [2.45, 2.75) is 19.3 Å². The average molecular weight is 619 g/mol. The summed E-state index contributed by atoms with van der Waals surface area (Å²) in [5.41, 5.74) is 11.6. The minimum atomic E-state index is -0.162. The molecule has 0 N–H and O–H groups in total. The second-order valence-corrected chi connectivity index (χ2v) is 13.9. The summed E-state index contributed by atoms with van der Waals surface area (Å²) in [6.45, 7) is 4.70. The van der Waals surface area contributed by atoms with Gasteiger partial charge in [-0.25, -0.2) is 0 Å². The molecule has 9 rings (SSSR count). The van der Waals surface area contributed by atoms with E-state index in [1.165, 1.54) is 64.3 Å². The molecule has 47 heavy (non-hydrogen) atoms. The molecule has 1 heterocycles. The number of benzene rings is 7. The van der Waals surface area contributed by atoms with Gasteiger partial charge in [0.2, 0.25) is 0 Å². The standard InChI is InChI=1S/C44H30N2S/c1-44(2)36-18-10-8-16-34(36)41-33-15-7-6-14-32(33)39(26-37(41)44)46(30-22-20-28(27-45)21-23-30)38-25-24-31(29-12-4-3-5-13-29)42-35-17-9-11-19-40(35)47-43(38)42/h3-26H,1-2H3. The zero-order valence-corrected chi connectivity index (χ0v) is 27.0. The van der Waals surface area contributed by atoms with Crippen molar-refractivity contribution in [2.75, 3.05) is 4.90 Å². The third-order valence-electron chi connectivity index (χ3n) is 9.89. The summed E-state index contributed by atoms with van der Waals surface area (Å²) in [7, 11) is 0. The molecule has 1 aliphatic carbocycles. The fraction of sp³-hybridized carbons (Fsp3) is 0.0682.